The molecule has 2 rings (SSSR count). The Balaban J connectivity index is 1.94. The summed E-state index contributed by atoms with van der Waals surface area (Å²) in [5.41, 5.74) is 1.15. The second-order valence-corrected chi connectivity index (χ2v) is 5.63. The van der Waals surface area contributed by atoms with E-state index in [0.29, 0.717) is 17.2 Å². The maximum atomic E-state index is 12.1. The molecule has 0 aliphatic heterocycles. The number of carbonyl (C=O) groups is 2. The molecule has 1 saturated carbocycles. The third-order valence-electron chi connectivity index (χ3n) is 4.04. The molecule has 0 saturated heterocycles. The number of hydrogen-bond acceptors (Lipinski definition) is 2. The van der Waals surface area contributed by atoms with Gasteiger partial charge in [-0.2, -0.15) is 0 Å². The van der Waals surface area contributed by atoms with Crippen molar-refractivity contribution in [1.29, 1.82) is 0 Å². The van der Waals surface area contributed by atoms with Gasteiger partial charge in [0.1, 0.15) is 0 Å². The largest absolute Gasteiger partial charge is 0.355 e. The zero-order chi connectivity index (χ0) is 15.2. The molecule has 0 radical (unpaired) electrons. The molecule has 2 unspecified atom stereocenters. The van der Waals surface area contributed by atoms with E-state index >= 15 is 0 Å². The molecule has 1 aromatic rings. The van der Waals surface area contributed by atoms with Gasteiger partial charge in [-0.25, -0.2) is 4.79 Å². The molecule has 0 spiro atoms. The van der Waals surface area contributed by atoms with E-state index in [9.17, 15) is 9.59 Å². The molecule has 1 aliphatic carbocycles. The van der Waals surface area contributed by atoms with Crippen molar-refractivity contribution in [2.45, 2.75) is 38.6 Å². The number of nitrogens with one attached hydrogen (secondary N) is 3. The first-order chi connectivity index (χ1) is 10.1. The molecular formula is C16H23N3O2. The lowest BCUT2D eigenvalue weighted by molar-refractivity contribution is 0.0963. The molecule has 1 aromatic carbocycles. The van der Waals surface area contributed by atoms with Gasteiger partial charge >= 0.3 is 6.03 Å². The molecule has 1 aliphatic rings. The van der Waals surface area contributed by atoms with Crippen LogP contribution < -0.4 is 16.0 Å². The van der Waals surface area contributed by atoms with Gasteiger partial charge in [0.25, 0.3) is 5.91 Å². The monoisotopic (exact) mass is 289 g/mol. The van der Waals surface area contributed by atoms with Crippen LogP contribution in [-0.4, -0.2) is 25.0 Å². The zero-order valence-electron chi connectivity index (χ0n) is 12.6. The van der Waals surface area contributed by atoms with Crippen LogP contribution in [0.2, 0.25) is 0 Å². The van der Waals surface area contributed by atoms with E-state index in [4.69, 9.17) is 0 Å². The summed E-state index contributed by atoms with van der Waals surface area (Å²) in [7, 11) is 1.58. The van der Waals surface area contributed by atoms with Gasteiger partial charge in [0.15, 0.2) is 0 Å². The van der Waals surface area contributed by atoms with Gasteiger partial charge in [0, 0.05) is 24.3 Å². The predicted octanol–water partition coefficient (Wildman–Crippen LogP) is 2.75. The van der Waals surface area contributed by atoms with E-state index in [2.05, 4.69) is 22.9 Å². The van der Waals surface area contributed by atoms with Crippen molar-refractivity contribution in [2.24, 2.45) is 5.92 Å². The fraction of sp³-hybridized carbons (Fsp3) is 0.500. The topological polar surface area (TPSA) is 70.2 Å². The summed E-state index contributed by atoms with van der Waals surface area (Å²) in [6.45, 7) is 2.18. The van der Waals surface area contributed by atoms with Gasteiger partial charge in [0.2, 0.25) is 0 Å². The highest BCUT2D eigenvalue weighted by atomic mass is 16.2. The Bertz CT molecular complexity index is 516. The van der Waals surface area contributed by atoms with E-state index in [1.54, 1.807) is 31.3 Å². The van der Waals surface area contributed by atoms with Gasteiger partial charge < -0.3 is 16.0 Å². The zero-order valence-corrected chi connectivity index (χ0v) is 12.6. The third-order valence-corrected chi connectivity index (χ3v) is 4.04. The smallest absolute Gasteiger partial charge is 0.319 e. The summed E-state index contributed by atoms with van der Waals surface area (Å²) in [6, 6.07) is 6.94. The van der Waals surface area contributed by atoms with Crippen LogP contribution in [0.25, 0.3) is 0 Å². The number of anilines is 1. The molecule has 3 N–H and O–H groups in total. The number of carbonyl (C=O) groups excluding carboxylic acids is 2. The fourth-order valence-electron chi connectivity index (χ4n) is 2.75. The van der Waals surface area contributed by atoms with Crippen molar-refractivity contribution in [3.8, 4) is 0 Å². The minimum atomic E-state index is -0.206. The van der Waals surface area contributed by atoms with Crippen LogP contribution in [-0.2, 0) is 0 Å². The number of urea groups is 1. The van der Waals surface area contributed by atoms with Crippen LogP contribution in [0.5, 0.6) is 0 Å². The number of rotatable bonds is 3. The minimum Gasteiger partial charge on any atom is -0.355 e. The second kappa shape index (κ2) is 7.11. The Kier molecular flexibility index (Phi) is 5.20. The summed E-state index contributed by atoms with van der Waals surface area (Å²) >= 11 is 0. The molecule has 21 heavy (non-hydrogen) atoms. The lowest BCUT2D eigenvalue weighted by Crippen LogP contribution is -2.43. The Hall–Kier alpha value is -2.04. The van der Waals surface area contributed by atoms with Gasteiger partial charge in [-0.15, -0.1) is 0 Å². The first kappa shape index (κ1) is 15.4. The van der Waals surface area contributed by atoms with Crippen molar-refractivity contribution in [3.63, 3.8) is 0 Å². The molecule has 5 nitrogen and oxygen atoms in total. The second-order valence-electron chi connectivity index (χ2n) is 5.63. The van der Waals surface area contributed by atoms with Gasteiger partial charge in [0.05, 0.1) is 0 Å². The van der Waals surface area contributed by atoms with E-state index in [0.717, 1.165) is 12.8 Å². The first-order valence-electron chi connectivity index (χ1n) is 7.50. The van der Waals surface area contributed by atoms with E-state index in [1.165, 1.54) is 12.8 Å². The van der Waals surface area contributed by atoms with Crippen LogP contribution in [0.1, 0.15) is 43.0 Å². The Morgan fingerprint density at radius 1 is 1.19 bits per heavy atom. The SMILES string of the molecule is CNC(=O)c1cccc(NC(=O)NC2CCCCC2C)c1. The molecule has 0 bridgehead atoms. The van der Waals surface area contributed by atoms with Gasteiger partial charge in [-0.1, -0.05) is 25.8 Å². The van der Waals surface area contributed by atoms with Crippen LogP contribution in [0, 0.1) is 5.92 Å². The van der Waals surface area contributed by atoms with Gasteiger partial charge in [-0.05, 0) is 37.0 Å². The molecule has 1 fully saturated rings. The maximum Gasteiger partial charge on any atom is 0.319 e. The molecule has 114 valence electrons. The van der Waals surface area contributed by atoms with Crippen molar-refractivity contribution in [1.82, 2.24) is 10.6 Å². The van der Waals surface area contributed by atoms with E-state index in [1.807, 2.05) is 0 Å². The predicted molar refractivity (Wildman–Crippen MR) is 83.4 cm³/mol. The molecule has 5 heteroatoms. The van der Waals surface area contributed by atoms with Crippen molar-refractivity contribution < 1.29 is 9.59 Å². The standard InChI is InChI=1S/C16H23N3O2/c1-11-6-3-4-9-14(11)19-16(21)18-13-8-5-7-12(10-13)15(20)17-2/h5,7-8,10-11,14H,3-4,6,9H2,1-2H3,(H,17,20)(H2,18,19,21). The highest BCUT2D eigenvalue weighted by Crippen LogP contribution is 2.23. The van der Waals surface area contributed by atoms with Crippen LogP contribution >= 0.6 is 0 Å². The summed E-state index contributed by atoms with van der Waals surface area (Å²) in [5, 5.41) is 8.39. The summed E-state index contributed by atoms with van der Waals surface area (Å²) in [4.78, 5) is 23.6. The average Bonchev–Trinajstić information content (AvgIpc) is 2.49. The van der Waals surface area contributed by atoms with Crippen molar-refractivity contribution in [2.75, 3.05) is 12.4 Å². The van der Waals surface area contributed by atoms with Crippen molar-refractivity contribution in [3.05, 3.63) is 29.8 Å². The lowest BCUT2D eigenvalue weighted by atomic mass is 9.86. The van der Waals surface area contributed by atoms with Gasteiger partial charge in [-0.3, -0.25) is 4.79 Å². The lowest BCUT2D eigenvalue weighted by Gasteiger charge is -2.29. The highest BCUT2D eigenvalue weighted by Gasteiger charge is 2.22. The minimum absolute atomic E-state index is 0.167. The normalized spacial score (nSPS) is 21.4. The summed E-state index contributed by atoms with van der Waals surface area (Å²) in [5.74, 6) is 0.349. The Labute approximate surface area is 125 Å². The number of amides is 3. The highest BCUT2D eigenvalue weighted by molar-refractivity contribution is 5.96. The molecule has 3 amide bonds. The molecule has 0 aromatic heterocycles. The molecule has 2 atom stereocenters. The first-order valence-corrected chi connectivity index (χ1v) is 7.50. The van der Waals surface area contributed by atoms with E-state index in [-0.39, 0.29) is 18.0 Å². The van der Waals surface area contributed by atoms with Crippen molar-refractivity contribution >= 4 is 17.6 Å². The van der Waals surface area contributed by atoms with Crippen LogP contribution in [0.4, 0.5) is 10.5 Å². The number of hydrogen-bond donors (Lipinski definition) is 3. The Morgan fingerprint density at radius 2 is 1.95 bits per heavy atom. The Morgan fingerprint density at radius 3 is 2.67 bits per heavy atom. The fourth-order valence-corrected chi connectivity index (χ4v) is 2.75. The third kappa shape index (κ3) is 4.21. The molecular weight excluding hydrogens is 266 g/mol. The van der Waals surface area contributed by atoms with Crippen LogP contribution in [0.15, 0.2) is 24.3 Å². The number of benzene rings is 1. The summed E-state index contributed by atoms with van der Waals surface area (Å²) < 4.78 is 0. The summed E-state index contributed by atoms with van der Waals surface area (Å²) in [6.07, 6.45) is 4.61. The average molecular weight is 289 g/mol. The molecule has 0 heterocycles. The quantitative estimate of drug-likeness (QED) is 0.800. The van der Waals surface area contributed by atoms with Crippen LogP contribution in [0.3, 0.4) is 0 Å². The van der Waals surface area contributed by atoms with E-state index < -0.39 is 0 Å². The maximum absolute atomic E-state index is 12.1.